The maximum atomic E-state index is 8.74. The van der Waals surface area contributed by atoms with Crippen LogP contribution in [0.1, 0.15) is 6.85 Å². The number of hydrogen-bond donors (Lipinski definition) is 0. The van der Waals surface area contributed by atoms with E-state index in [4.69, 9.17) is 6.85 Å². The van der Waals surface area contributed by atoms with Crippen LogP contribution in [-0.2, 0) is 0 Å². The third-order valence-electron chi connectivity index (χ3n) is 11.8. The topological polar surface area (TPSA) is 3.24 Å². The molecule has 0 saturated heterocycles. The summed E-state index contributed by atoms with van der Waals surface area (Å²) in [7, 11) is 0. The minimum absolute atomic E-state index is 0.201. The fourth-order valence-corrected chi connectivity index (χ4v) is 11.5. The standard InChI is InChI=1S/C58H37NS2/c1-3-14-38(15-4-1)44-36-37-45(49-19-8-7-18-48(44)49)40-28-32-42(33-29-40)59(43-34-30-41(31-35-43)46-21-13-27-55-56(46)52-20-9-10-26-54(52)60-55)53-25-12-24-51-50-23-11-22-47(57(50)61-58(51)53)39-16-5-2-6-17-39/h1-37H/i1D,3D,4D,14D,15D. The Morgan fingerprint density at radius 2 is 0.852 bits per heavy atom. The first kappa shape index (κ1) is 30.7. The third-order valence-corrected chi connectivity index (χ3v) is 14.2. The molecule has 0 bridgehead atoms. The molecule has 0 radical (unpaired) electrons. The van der Waals surface area contributed by atoms with Crippen LogP contribution in [-0.4, -0.2) is 0 Å². The van der Waals surface area contributed by atoms with Gasteiger partial charge in [-0.25, -0.2) is 0 Å². The molecule has 1 nitrogen and oxygen atoms in total. The third kappa shape index (κ3) is 6.04. The van der Waals surface area contributed by atoms with Crippen molar-refractivity contribution in [3.63, 3.8) is 0 Å². The van der Waals surface area contributed by atoms with Gasteiger partial charge in [0.1, 0.15) is 0 Å². The van der Waals surface area contributed by atoms with Gasteiger partial charge in [0, 0.05) is 47.0 Å². The van der Waals surface area contributed by atoms with Crippen LogP contribution >= 0.6 is 22.7 Å². The number of thiophene rings is 2. The van der Waals surface area contributed by atoms with E-state index in [-0.39, 0.29) is 29.7 Å². The van der Waals surface area contributed by atoms with Crippen LogP contribution in [0.5, 0.6) is 0 Å². The van der Waals surface area contributed by atoms with Crippen molar-refractivity contribution in [2.45, 2.75) is 0 Å². The van der Waals surface area contributed by atoms with Crippen molar-refractivity contribution in [3.8, 4) is 44.5 Å². The lowest BCUT2D eigenvalue weighted by molar-refractivity contribution is 1.30. The molecular formula is C58H37NS2. The summed E-state index contributed by atoms with van der Waals surface area (Å²) in [4.78, 5) is 2.37. The molecule has 0 atom stereocenters. The lowest BCUT2D eigenvalue weighted by atomic mass is 9.92. The predicted molar refractivity (Wildman–Crippen MR) is 266 cm³/mol. The Kier molecular flexibility index (Phi) is 7.43. The second kappa shape index (κ2) is 14.8. The van der Waals surface area contributed by atoms with Gasteiger partial charge in [0.15, 0.2) is 0 Å². The van der Waals surface area contributed by atoms with Gasteiger partial charge >= 0.3 is 0 Å². The largest absolute Gasteiger partial charge is 0.309 e. The molecule has 0 unspecified atom stereocenters. The number of fused-ring (bicyclic) bond motifs is 7. The molecule has 2 heterocycles. The van der Waals surface area contributed by atoms with Crippen LogP contribution in [0.4, 0.5) is 17.1 Å². The van der Waals surface area contributed by atoms with Crippen LogP contribution in [0, 0.1) is 0 Å². The van der Waals surface area contributed by atoms with Crippen molar-refractivity contribution < 1.29 is 6.85 Å². The quantitative estimate of drug-likeness (QED) is 0.155. The van der Waals surface area contributed by atoms with E-state index in [0.717, 1.165) is 44.5 Å². The van der Waals surface area contributed by atoms with Crippen LogP contribution < -0.4 is 4.90 Å². The van der Waals surface area contributed by atoms with Crippen LogP contribution in [0.2, 0.25) is 0 Å². The highest BCUT2D eigenvalue weighted by atomic mass is 32.1. The molecule has 0 saturated carbocycles. The number of rotatable bonds is 7. The Morgan fingerprint density at radius 1 is 0.328 bits per heavy atom. The average Bonchev–Trinajstić information content (AvgIpc) is 3.95. The zero-order valence-corrected chi connectivity index (χ0v) is 34.4. The summed E-state index contributed by atoms with van der Waals surface area (Å²) >= 11 is 3.67. The molecule has 0 fully saturated rings. The normalized spacial score (nSPS) is 12.8. The van der Waals surface area contributed by atoms with Crippen LogP contribution in [0.3, 0.4) is 0 Å². The van der Waals surface area contributed by atoms with Gasteiger partial charge in [0.2, 0.25) is 0 Å². The number of anilines is 3. The van der Waals surface area contributed by atoms with E-state index in [1.165, 1.54) is 57.0 Å². The van der Waals surface area contributed by atoms with E-state index in [9.17, 15) is 0 Å². The van der Waals surface area contributed by atoms with E-state index in [1.807, 2.05) is 59.1 Å². The van der Waals surface area contributed by atoms with E-state index < -0.39 is 6.04 Å². The van der Waals surface area contributed by atoms with E-state index in [2.05, 4.69) is 163 Å². The monoisotopic (exact) mass is 816 g/mol. The minimum Gasteiger partial charge on any atom is -0.309 e. The van der Waals surface area contributed by atoms with Crippen molar-refractivity contribution in [3.05, 3.63) is 224 Å². The molecule has 12 rings (SSSR count). The Balaban J connectivity index is 1.01. The minimum atomic E-state index is -0.398. The molecule has 0 N–H and O–H groups in total. The molecule has 0 aliphatic heterocycles. The van der Waals surface area contributed by atoms with Gasteiger partial charge in [-0.15, -0.1) is 22.7 Å². The second-order valence-corrected chi connectivity index (χ2v) is 17.3. The Bertz CT molecular complexity index is 3850. The average molecular weight is 817 g/mol. The predicted octanol–water partition coefficient (Wildman–Crippen LogP) is 17.7. The molecule has 0 amide bonds. The zero-order chi connectivity index (χ0) is 44.6. The second-order valence-electron chi connectivity index (χ2n) is 15.2. The molecule has 10 aromatic carbocycles. The Morgan fingerprint density at radius 3 is 1.57 bits per heavy atom. The molecule has 61 heavy (non-hydrogen) atoms. The van der Waals surface area contributed by atoms with Crippen LogP contribution in [0.25, 0.3) is 95.6 Å². The molecule has 2 aromatic heterocycles. The van der Waals surface area contributed by atoms with Crippen molar-refractivity contribution in [2.75, 3.05) is 4.90 Å². The molecule has 0 spiro atoms. The summed E-state index contributed by atoms with van der Waals surface area (Å²) in [5.41, 5.74) is 10.7. The molecule has 0 aliphatic rings. The zero-order valence-electron chi connectivity index (χ0n) is 37.7. The smallest absolute Gasteiger partial charge is 0.0640 e. The molecule has 12 aromatic rings. The van der Waals surface area contributed by atoms with Gasteiger partial charge < -0.3 is 4.90 Å². The van der Waals surface area contributed by atoms with E-state index in [1.54, 1.807) is 0 Å². The van der Waals surface area contributed by atoms with Crippen molar-refractivity contribution in [1.82, 2.24) is 0 Å². The van der Waals surface area contributed by atoms with Crippen molar-refractivity contribution in [2.24, 2.45) is 0 Å². The number of hydrogen-bond acceptors (Lipinski definition) is 3. The first-order valence-corrected chi connectivity index (χ1v) is 22.0. The first-order valence-electron chi connectivity index (χ1n) is 22.8. The van der Waals surface area contributed by atoms with Crippen molar-refractivity contribution in [1.29, 1.82) is 0 Å². The highest BCUT2D eigenvalue weighted by Crippen LogP contribution is 2.48. The van der Waals surface area contributed by atoms with Gasteiger partial charge in [0.05, 0.1) is 17.2 Å². The highest BCUT2D eigenvalue weighted by Gasteiger charge is 2.21. The molecule has 286 valence electrons. The summed E-state index contributed by atoms with van der Waals surface area (Å²) in [5.74, 6) is 0. The van der Waals surface area contributed by atoms with Gasteiger partial charge in [-0.2, -0.15) is 0 Å². The van der Waals surface area contributed by atoms with E-state index >= 15 is 0 Å². The maximum Gasteiger partial charge on any atom is 0.0640 e. The highest BCUT2D eigenvalue weighted by molar-refractivity contribution is 7.27. The van der Waals surface area contributed by atoms with Crippen LogP contribution in [0.15, 0.2) is 224 Å². The Labute approximate surface area is 369 Å². The Hall–Kier alpha value is -7.30. The summed E-state index contributed by atoms with van der Waals surface area (Å²) in [6.45, 7) is 0. The van der Waals surface area contributed by atoms with E-state index in [0.29, 0.717) is 5.56 Å². The number of nitrogens with zero attached hydrogens (tertiary/aromatic N) is 1. The fourth-order valence-electron chi connectivity index (χ4n) is 9.00. The molecular weight excluding hydrogens is 775 g/mol. The maximum absolute atomic E-state index is 8.74. The SMILES string of the molecule is [2H]c1c([2H])c([2H])c(-c2ccc(-c3ccc(N(c4ccc(-c5cccc6sc7ccccc7c56)cc4)c4cccc5c4sc4c(-c6ccccc6)cccc45)cc3)c3ccccc23)c([2H])c1[2H]. The van der Waals surface area contributed by atoms with Gasteiger partial charge in [-0.3, -0.25) is 0 Å². The summed E-state index contributed by atoms with van der Waals surface area (Å²) in [6, 6.07) is 67.1. The molecule has 0 aliphatic carbocycles. The summed E-state index contributed by atoms with van der Waals surface area (Å²) in [5, 5.41) is 6.76. The fraction of sp³-hybridized carbons (Fsp3) is 0. The molecule has 3 heteroatoms. The van der Waals surface area contributed by atoms with Gasteiger partial charge in [-0.05, 0) is 97.7 Å². The van der Waals surface area contributed by atoms with Gasteiger partial charge in [0.25, 0.3) is 0 Å². The summed E-state index contributed by atoms with van der Waals surface area (Å²) in [6.07, 6.45) is 0. The lowest BCUT2D eigenvalue weighted by Crippen LogP contribution is -2.10. The van der Waals surface area contributed by atoms with Crippen molar-refractivity contribution >= 4 is 90.9 Å². The number of benzene rings is 10. The first-order chi connectivity index (χ1) is 32.3. The lowest BCUT2D eigenvalue weighted by Gasteiger charge is -2.26. The van der Waals surface area contributed by atoms with Gasteiger partial charge in [-0.1, -0.05) is 182 Å². The summed E-state index contributed by atoms with van der Waals surface area (Å²) < 4.78 is 47.4.